The second-order valence-corrected chi connectivity index (χ2v) is 5.46. The van der Waals surface area contributed by atoms with Crippen LogP contribution in [0.4, 0.5) is 0 Å². The first-order chi connectivity index (χ1) is 8.58. The lowest BCUT2D eigenvalue weighted by atomic mass is 10.1. The van der Waals surface area contributed by atoms with E-state index in [1.165, 1.54) is 0 Å². The van der Waals surface area contributed by atoms with E-state index in [9.17, 15) is 4.79 Å². The van der Waals surface area contributed by atoms with Crippen LogP contribution in [0.2, 0.25) is 5.02 Å². The Morgan fingerprint density at radius 1 is 1.56 bits per heavy atom. The molecule has 0 saturated carbocycles. The monoisotopic (exact) mass is 332 g/mol. The van der Waals surface area contributed by atoms with Crippen LogP contribution in [0.3, 0.4) is 0 Å². The predicted octanol–water partition coefficient (Wildman–Crippen LogP) is 3.35. The van der Waals surface area contributed by atoms with E-state index >= 15 is 0 Å². The van der Waals surface area contributed by atoms with Crippen molar-refractivity contribution in [2.45, 2.75) is 32.2 Å². The topological polar surface area (TPSA) is 55.1 Å². The maximum Gasteiger partial charge on any atom is 0.252 e. The van der Waals surface area contributed by atoms with Gasteiger partial charge in [0.05, 0.1) is 5.56 Å². The number of hydrogen-bond acceptors (Lipinski definition) is 2. The number of rotatable bonds is 6. The summed E-state index contributed by atoms with van der Waals surface area (Å²) in [6, 6.07) is 5.16. The molecule has 0 aliphatic rings. The number of nitrogens with two attached hydrogens (primary N) is 1. The van der Waals surface area contributed by atoms with Gasteiger partial charge < -0.3 is 11.1 Å². The first kappa shape index (κ1) is 15.5. The maximum atomic E-state index is 12.1. The van der Waals surface area contributed by atoms with E-state index in [4.69, 9.17) is 17.3 Å². The van der Waals surface area contributed by atoms with Crippen molar-refractivity contribution in [2.75, 3.05) is 6.54 Å². The second kappa shape index (κ2) is 7.77. The Bertz CT molecular complexity index is 412. The molecule has 1 aromatic carbocycles. The van der Waals surface area contributed by atoms with Crippen LogP contribution in [0.25, 0.3) is 0 Å². The van der Waals surface area contributed by atoms with Gasteiger partial charge in [-0.05, 0) is 40.5 Å². The number of hydrogen-bond donors (Lipinski definition) is 2. The van der Waals surface area contributed by atoms with Crippen LogP contribution in [0.15, 0.2) is 22.7 Å². The highest BCUT2D eigenvalue weighted by Gasteiger charge is 2.14. The molecule has 3 nitrogen and oxygen atoms in total. The normalized spacial score (nSPS) is 12.2. The lowest BCUT2D eigenvalue weighted by Crippen LogP contribution is -2.40. The van der Waals surface area contributed by atoms with Crippen LogP contribution >= 0.6 is 27.5 Å². The summed E-state index contributed by atoms with van der Waals surface area (Å²) in [6.07, 6.45) is 3.04. The van der Waals surface area contributed by atoms with E-state index in [0.717, 1.165) is 23.7 Å². The average molecular weight is 334 g/mol. The molecule has 0 heterocycles. The molecule has 0 aliphatic heterocycles. The van der Waals surface area contributed by atoms with Gasteiger partial charge in [-0.2, -0.15) is 0 Å². The molecule has 1 rings (SSSR count). The van der Waals surface area contributed by atoms with Gasteiger partial charge >= 0.3 is 0 Å². The van der Waals surface area contributed by atoms with Crippen molar-refractivity contribution in [2.24, 2.45) is 5.73 Å². The Labute approximate surface area is 121 Å². The van der Waals surface area contributed by atoms with E-state index in [2.05, 4.69) is 28.2 Å². The molecule has 1 unspecified atom stereocenters. The minimum atomic E-state index is -0.143. The molecule has 0 aliphatic carbocycles. The fraction of sp³-hybridized carbons (Fsp3) is 0.462. The van der Waals surface area contributed by atoms with Gasteiger partial charge in [0.15, 0.2) is 0 Å². The van der Waals surface area contributed by atoms with Crippen LogP contribution in [0.5, 0.6) is 0 Å². The third kappa shape index (κ3) is 4.59. The molecule has 18 heavy (non-hydrogen) atoms. The number of amides is 1. The first-order valence-electron chi connectivity index (χ1n) is 6.04. The number of carbonyl (C=O) groups excluding carboxylic acids is 1. The largest absolute Gasteiger partial charge is 0.348 e. The third-order valence-electron chi connectivity index (χ3n) is 2.70. The Morgan fingerprint density at radius 3 is 2.89 bits per heavy atom. The molecule has 0 bridgehead atoms. The fourth-order valence-corrected chi connectivity index (χ4v) is 2.23. The quantitative estimate of drug-likeness (QED) is 0.839. The van der Waals surface area contributed by atoms with Crippen molar-refractivity contribution in [1.29, 1.82) is 0 Å². The van der Waals surface area contributed by atoms with Crippen LogP contribution in [-0.2, 0) is 0 Å². The van der Waals surface area contributed by atoms with Gasteiger partial charge in [-0.15, -0.1) is 0 Å². The highest BCUT2D eigenvalue weighted by Crippen LogP contribution is 2.21. The summed E-state index contributed by atoms with van der Waals surface area (Å²) in [5.41, 5.74) is 6.19. The fourth-order valence-electron chi connectivity index (χ4n) is 1.63. The number of halogens is 2. The summed E-state index contributed by atoms with van der Waals surface area (Å²) < 4.78 is 0.732. The molecule has 0 spiro atoms. The van der Waals surface area contributed by atoms with E-state index in [1.54, 1.807) is 18.2 Å². The zero-order chi connectivity index (χ0) is 13.5. The molecule has 100 valence electrons. The first-order valence-corrected chi connectivity index (χ1v) is 7.21. The van der Waals surface area contributed by atoms with E-state index in [1.807, 2.05) is 0 Å². The average Bonchev–Trinajstić information content (AvgIpc) is 2.37. The summed E-state index contributed by atoms with van der Waals surface area (Å²) in [4.78, 5) is 12.1. The van der Waals surface area contributed by atoms with Gasteiger partial charge in [0.25, 0.3) is 5.91 Å². The number of unbranched alkanes of at least 4 members (excludes halogenated alkanes) is 1. The van der Waals surface area contributed by atoms with Gasteiger partial charge in [0, 0.05) is 22.1 Å². The Kier molecular flexibility index (Phi) is 6.68. The summed E-state index contributed by atoms with van der Waals surface area (Å²) >= 11 is 9.23. The van der Waals surface area contributed by atoms with Crippen molar-refractivity contribution < 1.29 is 4.79 Å². The summed E-state index contributed by atoms with van der Waals surface area (Å²) in [5.74, 6) is -0.143. The van der Waals surface area contributed by atoms with Gasteiger partial charge in [-0.25, -0.2) is 0 Å². The number of carbonyl (C=O) groups is 1. The van der Waals surface area contributed by atoms with Crippen LogP contribution in [-0.4, -0.2) is 18.5 Å². The van der Waals surface area contributed by atoms with Gasteiger partial charge in [0.2, 0.25) is 0 Å². The molecule has 1 amide bonds. The number of benzene rings is 1. The van der Waals surface area contributed by atoms with Crippen molar-refractivity contribution in [3.05, 3.63) is 33.3 Å². The van der Waals surface area contributed by atoms with E-state index in [-0.39, 0.29) is 11.9 Å². The summed E-state index contributed by atoms with van der Waals surface area (Å²) in [5, 5.41) is 3.48. The van der Waals surface area contributed by atoms with Crippen LogP contribution in [0, 0.1) is 0 Å². The zero-order valence-electron chi connectivity index (χ0n) is 10.4. The molecule has 0 saturated heterocycles. The SMILES string of the molecule is CCCCC(CN)NC(=O)c1cc(Cl)ccc1Br. The molecule has 1 atom stereocenters. The zero-order valence-corrected chi connectivity index (χ0v) is 12.7. The molecular formula is C13H18BrClN2O. The second-order valence-electron chi connectivity index (χ2n) is 4.17. The smallest absolute Gasteiger partial charge is 0.252 e. The highest BCUT2D eigenvalue weighted by atomic mass is 79.9. The molecule has 3 N–H and O–H groups in total. The minimum Gasteiger partial charge on any atom is -0.348 e. The van der Waals surface area contributed by atoms with Crippen molar-refractivity contribution in [3.8, 4) is 0 Å². The molecule has 0 radical (unpaired) electrons. The number of nitrogens with one attached hydrogen (secondary N) is 1. The lowest BCUT2D eigenvalue weighted by Gasteiger charge is -2.17. The van der Waals surface area contributed by atoms with Crippen LogP contribution in [0.1, 0.15) is 36.5 Å². The lowest BCUT2D eigenvalue weighted by molar-refractivity contribution is 0.0935. The molecule has 5 heteroatoms. The molecular weight excluding hydrogens is 316 g/mol. The maximum absolute atomic E-state index is 12.1. The minimum absolute atomic E-state index is 0.0170. The Balaban J connectivity index is 2.71. The van der Waals surface area contributed by atoms with Gasteiger partial charge in [0.1, 0.15) is 0 Å². The van der Waals surface area contributed by atoms with Crippen molar-refractivity contribution >= 4 is 33.4 Å². The van der Waals surface area contributed by atoms with Crippen molar-refractivity contribution in [3.63, 3.8) is 0 Å². The summed E-state index contributed by atoms with van der Waals surface area (Å²) in [7, 11) is 0. The molecule has 1 aromatic rings. The Morgan fingerprint density at radius 2 is 2.28 bits per heavy atom. The standard InChI is InChI=1S/C13H18BrClN2O/c1-2-3-4-10(8-16)17-13(18)11-7-9(15)5-6-12(11)14/h5-7,10H,2-4,8,16H2,1H3,(H,17,18). The van der Waals surface area contributed by atoms with E-state index < -0.39 is 0 Å². The van der Waals surface area contributed by atoms with Crippen LogP contribution < -0.4 is 11.1 Å². The molecule has 0 fully saturated rings. The molecule has 0 aromatic heterocycles. The third-order valence-corrected chi connectivity index (χ3v) is 3.63. The van der Waals surface area contributed by atoms with Gasteiger partial charge in [-0.3, -0.25) is 4.79 Å². The highest BCUT2D eigenvalue weighted by molar-refractivity contribution is 9.10. The Hall–Kier alpha value is -0.580. The summed E-state index contributed by atoms with van der Waals surface area (Å²) in [6.45, 7) is 2.56. The van der Waals surface area contributed by atoms with Gasteiger partial charge in [-0.1, -0.05) is 31.4 Å². The van der Waals surface area contributed by atoms with Crippen molar-refractivity contribution in [1.82, 2.24) is 5.32 Å². The predicted molar refractivity (Wildman–Crippen MR) is 79.0 cm³/mol. The van der Waals surface area contributed by atoms with E-state index in [0.29, 0.717) is 17.1 Å².